The van der Waals surface area contributed by atoms with Gasteiger partial charge in [-0.2, -0.15) is 0 Å². The average Bonchev–Trinajstić information content (AvgIpc) is 3.28. The fraction of sp³-hybridized carbons (Fsp3) is 0.0943. The van der Waals surface area contributed by atoms with Gasteiger partial charge in [-0.1, -0.05) is 128 Å². The Balaban J connectivity index is 0.000000231. The Kier molecular flexibility index (Phi) is 19.2. The van der Waals surface area contributed by atoms with Gasteiger partial charge in [0.15, 0.2) is 0 Å². The van der Waals surface area contributed by atoms with E-state index in [1.807, 2.05) is 72.8 Å². The zero-order valence-corrected chi connectivity index (χ0v) is 33.6. The predicted molar refractivity (Wildman–Crippen MR) is 242 cm³/mol. The molecule has 0 saturated carbocycles. The largest absolute Gasteiger partial charge is 0.508 e. The molecule has 312 valence electrons. The maximum Gasteiger partial charge on any atom is 0.115 e. The number of hydrogen-bond donors (Lipinski definition) is 8. The second-order valence-electron chi connectivity index (χ2n) is 13.7. The third-order valence-corrected chi connectivity index (χ3v) is 9.19. The highest BCUT2D eigenvalue weighted by Crippen LogP contribution is 2.36. The summed E-state index contributed by atoms with van der Waals surface area (Å²) in [6.07, 6.45) is 2.71. The summed E-state index contributed by atoms with van der Waals surface area (Å²) >= 11 is 0. The molecule has 0 bridgehead atoms. The molecule has 8 aromatic carbocycles. The minimum atomic E-state index is 0.131. The van der Waals surface area contributed by atoms with Crippen LogP contribution >= 0.6 is 0 Å². The molecule has 0 aromatic heterocycles. The van der Waals surface area contributed by atoms with Gasteiger partial charge in [0.25, 0.3) is 0 Å². The second kappa shape index (κ2) is 25.5. The summed E-state index contributed by atoms with van der Waals surface area (Å²) in [5, 5.41) is 73.4. The van der Waals surface area contributed by atoms with Gasteiger partial charge in [-0.3, -0.25) is 0 Å². The summed E-state index contributed by atoms with van der Waals surface area (Å²) < 4.78 is 0. The van der Waals surface area contributed by atoms with Crippen LogP contribution in [0.5, 0.6) is 46.0 Å². The molecule has 8 aromatic rings. The van der Waals surface area contributed by atoms with Crippen molar-refractivity contribution in [2.45, 2.75) is 31.1 Å². The SMILES string of the molecule is Oc1ccc(C(CCCC(c2ccc(O)cc2)c2ccc(O)cc2)c2ccc(O)cc2)cc1.Oc1ccccc1.Oc1ccccc1.Oc1ccccc1.Oc1ccccc1. The highest BCUT2D eigenvalue weighted by atomic mass is 16.3. The van der Waals surface area contributed by atoms with Crippen molar-refractivity contribution in [2.75, 3.05) is 0 Å². The van der Waals surface area contributed by atoms with Crippen molar-refractivity contribution in [2.24, 2.45) is 0 Å². The summed E-state index contributed by atoms with van der Waals surface area (Å²) in [5.41, 5.74) is 4.46. The van der Waals surface area contributed by atoms with E-state index in [0.29, 0.717) is 23.0 Å². The molecule has 0 saturated heterocycles. The van der Waals surface area contributed by atoms with Gasteiger partial charge in [-0.15, -0.1) is 0 Å². The number of phenolic OH excluding ortho intramolecular Hbond substituents is 8. The Hall–Kier alpha value is -7.84. The van der Waals surface area contributed by atoms with Crippen LogP contribution < -0.4 is 0 Å². The lowest BCUT2D eigenvalue weighted by Gasteiger charge is -2.22. The van der Waals surface area contributed by atoms with E-state index in [2.05, 4.69) is 0 Å². The van der Waals surface area contributed by atoms with Crippen LogP contribution in [0.1, 0.15) is 53.4 Å². The normalized spacial score (nSPS) is 10.0. The minimum Gasteiger partial charge on any atom is -0.508 e. The van der Waals surface area contributed by atoms with Crippen molar-refractivity contribution in [3.63, 3.8) is 0 Å². The van der Waals surface area contributed by atoms with Crippen LogP contribution in [0.15, 0.2) is 218 Å². The molecule has 0 radical (unpaired) electrons. The van der Waals surface area contributed by atoms with Crippen molar-refractivity contribution in [1.82, 2.24) is 0 Å². The Morgan fingerprint density at radius 3 is 0.525 bits per heavy atom. The number of aromatic hydroxyl groups is 8. The number of para-hydroxylation sites is 4. The first kappa shape index (κ1) is 45.9. The molecule has 8 N–H and O–H groups in total. The maximum absolute atomic E-state index is 9.72. The topological polar surface area (TPSA) is 162 Å². The Labute approximate surface area is 357 Å². The zero-order chi connectivity index (χ0) is 43.7. The van der Waals surface area contributed by atoms with Gasteiger partial charge >= 0.3 is 0 Å². The van der Waals surface area contributed by atoms with E-state index in [1.54, 1.807) is 146 Å². The molecule has 8 rings (SSSR count). The maximum atomic E-state index is 9.72. The van der Waals surface area contributed by atoms with E-state index >= 15 is 0 Å². The van der Waals surface area contributed by atoms with Crippen molar-refractivity contribution in [3.8, 4) is 46.0 Å². The standard InChI is InChI=1S/C29H28O4.4C6H6O/c30-24-12-4-20(5-13-24)28(21-6-14-25(31)15-7-21)2-1-3-29(22-8-16-26(32)17-9-22)23-10-18-27(33)19-11-23;4*7-6-4-2-1-3-5-6/h4-19,28-33H,1-3H2;4*1-5,7H. The number of hydrogen-bond acceptors (Lipinski definition) is 8. The first-order chi connectivity index (χ1) is 29.6. The van der Waals surface area contributed by atoms with Gasteiger partial charge in [0.05, 0.1) is 0 Å². The fourth-order valence-corrected chi connectivity index (χ4v) is 6.12. The van der Waals surface area contributed by atoms with Crippen LogP contribution in [0.4, 0.5) is 0 Å². The van der Waals surface area contributed by atoms with E-state index in [0.717, 1.165) is 41.5 Å². The van der Waals surface area contributed by atoms with Gasteiger partial charge in [-0.05, 0) is 132 Å². The van der Waals surface area contributed by atoms with Gasteiger partial charge in [-0.25, -0.2) is 0 Å². The van der Waals surface area contributed by atoms with Crippen molar-refractivity contribution in [3.05, 3.63) is 241 Å². The van der Waals surface area contributed by atoms with Crippen LogP contribution in [-0.4, -0.2) is 40.9 Å². The molecular weight excluding hydrogens is 765 g/mol. The minimum absolute atomic E-state index is 0.131. The molecule has 0 heterocycles. The predicted octanol–water partition coefficient (Wildman–Crippen LogP) is 12.2. The highest BCUT2D eigenvalue weighted by Gasteiger charge is 2.19. The van der Waals surface area contributed by atoms with Crippen LogP contribution in [0, 0.1) is 0 Å². The highest BCUT2D eigenvalue weighted by molar-refractivity contribution is 5.39. The molecule has 0 atom stereocenters. The zero-order valence-electron chi connectivity index (χ0n) is 33.6. The van der Waals surface area contributed by atoms with Crippen LogP contribution in [0.3, 0.4) is 0 Å². The van der Waals surface area contributed by atoms with Gasteiger partial charge in [0.1, 0.15) is 46.0 Å². The second-order valence-corrected chi connectivity index (χ2v) is 13.7. The number of phenols is 8. The summed E-state index contributed by atoms with van der Waals surface area (Å²) in [6.45, 7) is 0. The monoisotopic (exact) mass is 816 g/mol. The first-order valence-electron chi connectivity index (χ1n) is 19.7. The van der Waals surface area contributed by atoms with E-state index in [1.165, 1.54) is 0 Å². The molecule has 0 aliphatic carbocycles. The van der Waals surface area contributed by atoms with Gasteiger partial charge in [0.2, 0.25) is 0 Å². The fourth-order valence-electron chi connectivity index (χ4n) is 6.12. The average molecular weight is 817 g/mol. The summed E-state index contributed by atoms with van der Waals surface area (Å²) in [7, 11) is 0. The molecule has 8 heteroatoms. The van der Waals surface area contributed by atoms with E-state index < -0.39 is 0 Å². The van der Waals surface area contributed by atoms with Crippen molar-refractivity contribution >= 4 is 0 Å². The molecule has 8 nitrogen and oxygen atoms in total. The summed E-state index contributed by atoms with van der Waals surface area (Å²) in [4.78, 5) is 0. The van der Waals surface area contributed by atoms with Crippen molar-refractivity contribution in [1.29, 1.82) is 0 Å². The Morgan fingerprint density at radius 2 is 0.377 bits per heavy atom. The molecule has 0 spiro atoms. The van der Waals surface area contributed by atoms with Crippen LogP contribution in [-0.2, 0) is 0 Å². The number of rotatable bonds is 8. The van der Waals surface area contributed by atoms with Crippen molar-refractivity contribution < 1.29 is 40.9 Å². The lowest BCUT2D eigenvalue weighted by molar-refractivity contribution is 0.473. The third-order valence-electron chi connectivity index (χ3n) is 9.19. The summed E-state index contributed by atoms with van der Waals surface area (Å²) in [6, 6.07) is 64.1. The van der Waals surface area contributed by atoms with E-state index in [4.69, 9.17) is 20.4 Å². The molecule has 0 unspecified atom stereocenters. The smallest absolute Gasteiger partial charge is 0.115 e. The number of benzene rings is 8. The van der Waals surface area contributed by atoms with Gasteiger partial charge < -0.3 is 40.9 Å². The molecule has 0 aliphatic rings. The van der Waals surface area contributed by atoms with E-state index in [9.17, 15) is 20.4 Å². The molecule has 0 fully saturated rings. The molecule has 0 amide bonds. The van der Waals surface area contributed by atoms with Gasteiger partial charge in [0, 0.05) is 11.8 Å². The van der Waals surface area contributed by atoms with Crippen LogP contribution in [0.2, 0.25) is 0 Å². The third kappa shape index (κ3) is 17.7. The first-order valence-corrected chi connectivity index (χ1v) is 19.7. The molecule has 61 heavy (non-hydrogen) atoms. The lowest BCUT2D eigenvalue weighted by Crippen LogP contribution is -2.05. The molecular formula is C53H52O8. The Morgan fingerprint density at radius 1 is 0.213 bits per heavy atom. The summed E-state index contributed by atoms with van der Waals surface area (Å²) in [5.74, 6) is 2.50. The molecule has 0 aliphatic heterocycles. The van der Waals surface area contributed by atoms with E-state index in [-0.39, 0.29) is 34.8 Å². The lowest BCUT2D eigenvalue weighted by atomic mass is 9.82. The Bertz CT molecular complexity index is 1990. The van der Waals surface area contributed by atoms with Crippen LogP contribution in [0.25, 0.3) is 0 Å². The quantitative estimate of drug-likeness (QED) is 0.0752.